The molecule has 2 N–H and O–H groups in total. The Kier molecular flexibility index (Phi) is 7.17. The van der Waals surface area contributed by atoms with Crippen LogP contribution in [0.25, 0.3) is 0 Å². The molecule has 2 rings (SSSR count). The molecule has 0 aliphatic rings. The Bertz CT molecular complexity index is 712. The van der Waals surface area contributed by atoms with Gasteiger partial charge in [0, 0.05) is 31.2 Å². The molecule has 0 saturated carbocycles. The number of likely N-dealkylation sites (N-methyl/N-ethyl adjacent to an activating group) is 2. The summed E-state index contributed by atoms with van der Waals surface area (Å²) in [6, 6.07) is 11.3. The number of rotatable bonds is 7. The van der Waals surface area contributed by atoms with Crippen molar-refractivity contribution in [1.82, 2.24) is 15.1 Å². The zero-order chi connectivity index (χ0) is 19.1. The lowest BCUT2D eigenvalue weighted by Gasteiger charge is -2.23. The summed E-state index contributed by atoms with van der Waals surface area (Å²) in [5.41, 5.74) is 1.61. The molecule has 0 saturated heterocycles. The fourth-order valence-corrected chi connectivity index (χ4v) is 3.34. The number of anilines is 1. The highest BCUT2D eigenvalue weighted by Crippen LogP contribution is 2.22. The summed E-state index contributed by atoms with van der Waals surface area (Å²) < 4.78 is 0. The molecule has 1 aromatic heterocycles. The lowest BCUT2D eigenvalue weighted by molar-refractivity contribution is -0.127. The van der Waals surface area contributed by atoms with Crippen molar-refractivity contribution in [3.8, 4) is 0 Å². The molecule has 1 aromatic carbocycles. The van der Waals surface area contributed by atoms with Crippen LogP contribution in [0.3, 0.4) is 0 Å². The number of hydrogen-bond acceptors (Lipinski definition) is 4. The highest BCUT2D eigenvalue weighted by Gasteiger charge is 2.16. The van der Waals surface area contributed by atoms with Crippen molar-refractivity contribution in [2.75, 3.05) is 40.1 Å². The van der Waals surface area contributed by atoms with Crippen molar-refractivity contribution < 1.29 is 9.59 Å². The van der Waals surface area contributed by atoms with Crippen LogP contribution in [-0.4, -0.2) is 56.5 Å². The minimum absolute atomic E-state index is 0.0479. The standard InChI is InChI=1S/C19H26N4O2S/c1-22(2)16(17-6-5-11-26-17)13-20-19(25)21-15-9-7-14(8-10-15)12-18(24)23(3)4/h5-11,16H,12-13H2,1-4H3,(H2,20,21,25). The second-order valence-corrected chi connectivity index (χ2v) is 7.47. The van der Waals surface area contributed by atoms with Gasteiger partial charge in [-0.2, -0.15) is 0 Å². The number of amides is 3. The van der Waals surface area contributed by atoms with Gasteiger partial charge >= 0.3 is 6.03 Å². The summed E-state index contributed by atoms with van der Waals surface area (Å²) >= 11 is 1.68. The van der Waals surface area contributed by atoms with E-state index in [-0.39, 0.29) is 18.0 Å². The van der Waals surface area contributed by atoms with Gasteiger partial charge in [-0.3, -0.25) is 4.79 Å². The van der Waals surface area contributed by atoms with E-state index in [0.29, 0.717) is 18.7 Å². The minimum Gasteiger partial charge on any atom is -0.349 e. The van der Waals surface area contributed by atoms with Crippen LogP contribution in [-0.2, 0) is 11.2 Å². The Morgan fingerprint density at radius 2 is 1.77 bits per heavy atom. The molecule has 1 unspecified atom stereocenters. The minimum atomic E-state index is -0.245. The molecule has 7 heteroatoms. The van der Waals surface area contributed by atoms with Gasteiger partial charge in [-0.1, -0.05) is 18.2 Å². The summed E-state index contributed by atoms with van der Waals surface area (Å²) in [6.45, 7) is 0.523. The van der Waals surface area contributed by atoms with Gasteiger partial charge in [0.25, 0.3) is 0 Å². The maximum atomic E-state index is 12.2. The van der Waals surface area contributed by atoms with Crippen molar-refractivity contribution in [2.24, 2.45) is 0 Å². The van der Waals surface area contributed by atoms with Crippen LogP contribution in [0, 0.1) is 0 Å². The number of benzene rings is 1. The van der Waals surface area contributed by atoms with E-state index >= 15 is 0 Å². The van der Waals surface area contributed by atoms with Crippen LogP contribution in [0.4, 0.5) is 10.5 Å². The van der Waals surface area contributed by atoms with E-state index in [0.717, 1.165) is 5.56 Å². The van der Waals surface area contributed by atoms with Gasteiger partial charge in [0.1, 0.15) is 0 Å². The smallest absolute Gasteiger partial charge is 0.319 e. The predicted molar refractivity (Wildman–Crippen MR) is 107 cm³/mol. The number of nitrogens with one attached hydrogen (secondary N) is 2. The van der Waals surface area contributed by atoms with Crippen LogP contribution >= 0.6 is 11.3 Å². The summed E-state index contributed by atoms with van der Waals surface area (Å²) in [5, 5.41) is 7.78. The van der Waals surface area contributed by atoms with Gasteiger partial charge in [0.2, 0.25) is 5.91 Å². The van der Waals surface area contributed by atoms with Crippen molar-refractivity contribution in [2.45, 2.75) is 12.5 Å². The third-order valence-corrected chi connectivity index (χ3v) is 4.99. The van der Waals surface area contributed by atoms with Gasteiger partial charge in [-0.05, 0) is 43.2 Å². The second-order valence-electron chi connectivity index (χ2n) is 6.49. The SMILES string of the molecule is CN(C)C(=O)Cc1ccc(NC(=O)NCC(c2cccs2)N(C)C)cc1. The summed E-state index contributed by atoms with van der Waals surface area (Å²) in [4.78, 5) is 28.7. The van der Waals surface area contributed by atoms with Crippen molar-refractivity contribution in [3.05, 3.63) is 52.2 Å². The van der Waals surface area contributed by atoms with E-state index < -0.39 is 0 Å². The topological polar surface area (TPSA) is 64.7 Å². The molecule has 0 spiro atoms. The maximum absolute atomic E-state index is 12.2. The number of urea groups is 1. The van der Waals surface area contributed by atoms with Gasteiger partial charge in [0.15, 0.2) is 0 Å². The number of carbonyl (C=O) groups is 2. The van der Waals surface area contributed by atoms with E-state index in [2.05, 4.69) is 21.6 Å². The highest BCUT2D eigenvalue weighted by molar-refractivity contribution is 7.10. The van der Waals surface area contributed by atoms with E-state index in [4.69, 9.17) is 0 Å². The molecule has 6 nitrogen and oxygen atoms in total. The molecule has 0 aliphatic heterocycles. The monoisotopic (exact) mass is 374 g/mol. The van der Waals surface area contributed by atoms with Gasteiger partial charge in [-0.15, -0.1) is 11.3 Å². The average molecular weight is 375 g/mol. The Labute approximate surface area is 158 Å². The predicted octanol–water partition coefficient (Wildman–Crippen LogP) is 2.80. The van der Waals surface area contributed by atoms with Crippen molar-refractivity contribution >= 4 is 29.0 Å². The van der Waals surface area contributed by atoms with E-state index in [9.17, 15) is 9.59 Å². The normalized spacial score (nSPS) is 11.9. The molecule has 3 amide bonds. The van der Waals surface area contributed by atoms with Crippen LogP contribution < -0.4 is 10.6 Å². The first kappa shape index (κ1) is 19.9. The zero-order valence-corrected chi connectivity index (χ0v) is 16.5. The van der Waals surface area contributed by atoms with Gasteiger partial charge in [-0.25, -0.2) is 4.79 Å². The fraction of sp³-hybridized carbons (Fsp3) is 0.368. The molecule has 0 radical (unpaired) electrons. The van der Waals surface area contributed by atoms with Crippen molar-refractivity contribution in [1.29, 1.82) is 0 Å². The second kappa shape index (κ2) is 9.35. The molecular formula is C19H26N4O2S. The molecule has 1 heterocycles. The van der Waals surface area contributed by atoms with E-state index in [1.807, 2.05) is 37.7 Å². The Hall–Kier alpha value is -2.38. The van der Waals surface area contributed by atoms with Gasteiger partial charge < -0.3 is 20.4 Å². The van der Waals surface area contributed by atoms with Crippen LogP contribution in [0.5, 0.6) is 0 Å². The first-order valence-corrected chi connectivity index (χ1v) is 9.28. The molecule has 140 valence electrons. The first-order chi connectivity index (χ1) is 12.4. The number of thiophene rings is 1. The maximum Gasteiger partial charge on any atom is 0.319 e. The number of carbonyl (C=O) groups excluding carboxylic acids is 2. The van der Waals surface area contributed by atoms with Crippen LogP contribution in [0.15, 0.2) is 41.8 Å². The molecule has 0 fully saturated rings. The van der Waals surface area contributed by atoms with Crippen molar-refractivity contribution in [3.63, 3.8) is 0 Å². The van der Waals surface area contributed by atoms with Crippen LogP contribution in [0.2, 0.25) is 0 Å². The van der Waals surface area contributed by atoms with E-state index in [1.54, 1.807) is 42.5 Å². The summed E-state index contributed by atoms with van der Waals surface area (Å²) in [6.07, 6.45) is 0.352. The average Bonchev–Trinajstić information content (AvgIpc) is 3.10. The van der Waals surface area contributed by atoms with Gasteiger partial charge in [0.05, 0.1) is 12.5 Å². The Balaban J connectivity index is 1.86. The molecule has 1 atom stereocenters. The largest absolute Gasteiger partial charge is 0.349 e. The quantitative estimate of drug-likeness (QED) is 0.783. The summed E-state index contributed by atoms with van der Waals surface area (Å²) in [7, 11) is 7.47. The Morgan fingerprint density at radius 1 is 1.08 bits per heavy atom. The van der Waals surface area contributed by atoms with Crippen LogP contribution in [0.1, 0.15) is 16.5 Å². The molecule has 26 heavy (non-hydrogen) atoms. The van der Waals surface area contributed by atoms with E-state index in [1.165, 1.54) is 4.88 Å². The fourth-order valence-electron chi connectivity index (χ4n) is 2.42. The lowest BCUT2D eigenvalue weighted by Crippen LogP contribution is -2.36. The highest BCUT2D eigenvalue weighted by atomic mass is 32.1. The Morgan fingerprint density at radius 3 is 2.31 bits per heavy atom. The molecule has 0 aliphatic carbocycles. The lowest BCUT2D eigenvalue weighted by atomic mass is 10.1. The number of nitrogens with zero attached hydrogens (tertiary/aromatic N) is 2. The third kappa shape index (κ3) is 5.86. The molecular weight excluding hydrogens is 348 g/mol. The molecule has 0 bridgehead atoms. The summed E-state index contributed by atoms with van der Waals surface area (Å²) in [5.74, 6) is 0.0479. The molecule has 2 aromatic rings. The number of hydrogen-bond donors (Lipinski definition) is 2. The third-order valence-electron chi connectivity index (χ3n) is 4.02. The zero-order valence-electron chi connectivity index (χ0n) is 15.7. The first-order valence-electron chi connectivity index (χ1n) is 8.40.